The Morgan fingerprint density at radius 3 is 2.70 bits per heavy atom. The predicted molar refractivity (Wildman–Crippen MR) is 77.8 cm³/mol. The molecule has 0 aliphatic heterocycles. The molecule has 4 nitrogen and oxygen atoms in total. The molecule has 1 amide bonds. The average molecular weight is 265 g/mol. The number of aromatic nitrogens is 1. The molecule has 3 N–H and O–H groups in total. The summed E-state index contributed by atoms with van der Waals surface area (Å²) >= 11 is 0. The second-order valence-corrected chi connectivity index (χ2v) is 4.13. The first-order chi connectivity index (χ1) is 9.79. The normalized spacial score (nSPS) is 9.45. The van der Waals surface area contributed by atoms with Gasteiger partial charge in [0.1, 0.15) is 0 Å². The van der Waals surface area contributed by atoms with E-state index in [0.717, 1.165) is 11.1 Å². The Kier molecular flexibility index (Phi) is 4.87. The third-order valence-corrected chi connectivity index (χ3v) is 2.66. The molecule has 1 aromatic carbocycles. The topological polar surface area (TPSA) is 68.0 Å². The van der Waals surface area contributed by atoms with Crippen molar-refractivity contribution in [1.29, 1.82) is 0 Å². The summed E-state index contributed by atoms with van der Waals surface area (Å²) in [7, 11) is 0. The van der Waals surface area contributed by atoms with Crippen LogP contribution >= 0.6 is 0 Å². The molecule has 0 spiro atoms. The van der Waals surface area contributed by atoms with Crippen molar-refractivity contribution in [1.82, 2.24) is 10.3 Å². The number of nitrogens with zero attached hydrogens (tertiary/aromatic N) is 1. The van der Waals surface area contributed by atoms with Gasteiger partial charge in [-0.25, -0.2) is 0 Å². The van der Waals surface area contributed by atoms with Gasteiger partial charge in [-0.1, -0.05) is 17.9 Å². The predicted octanol–water partition coefficient (Wildman–Crippen LogP) is 1.32. The number of carbonyl (C=O) groups excluding carboxylic acids is 1. The number of nitrogens with two attached hydrogens (primary N) is 1. The Bertz CT molecular complexity index is 624. The van der Waals surface area contributed by atoms with Crippen LogP contribution in [0.15, 0.2) is 48.8 Å². The van der Waals surface area contributed by atoms with Crippen LogP contribution in [0.2, 0.25) is 0 Å². The lowest BCUT2D eigenvalue weighted by atomic mass is 10.1. The Hall–Kier alpha value is -2.64. The van der Waals surface area contributed by atoms with Crippen LogP contribution in [0.25, 0.3) is 0 Å². The molecule has 100 valence electrons. The van der Waals surface area contributed by atoms with E-state index in [4.69, 9.17) is 5.73 Å². The van der Waals surface area contributed by atoms with E-state index in [0.29, 0.717) is 18.7 Å². The highest BCUT2D eigenvalue weighted by atomic mass is 16.1. The lowest BCUT2D eigenvalue weighted by molar-refractivity contribution is 0.0951. The highest BCUT2D eigenvalue weighted by Crippen LogP contribution is 2.04. The highest BCUT2D eigenvalue weighted by Gasteiger charge is 2.04. The molecule has 0 aliphatic rings. The molecule has 0 saturated carbocycles. The highest BCUT2D eigenvalue weighted by molar-refractivity contribution is 5.94. The van der Waals surface area contributed by atoms with Gasteiger partial charge in [0.15, 0.2) is 0 Å². The number of nitrogens with one attached hydrogen (secondary N) is 1. The summed E-state index contributed by atoms with van der Waals surface area (Å²) in [6.45, 7) is 0.786. The summed E-state index contributed by atoms with van der Waals surface area (Å²) in [6, 6.07) is 10.9. The third kappa shape index (κ3) is 3.94. The molecular weight excluding hydrogens is 250 g/mol. The second kappa shape index (κ2) is 7.07. The van der Waals surface area contributed by atoms with E-state index in [1.54, 1.807) is 24.5 Å². The maximum absolute atomic E-state index is 12.0. The van der Waals surface area contributed by atoms with Gasteiger partial charge in [-0.2, -0.15) is 0 Å². The van der Waals surface area contributed by atoms with Crippen molar-refractivity contribution >= 4 is 5.91 Å². The van der Waals surface area contributed by atoms with Crippen molar-refractivity contribution in [2.24, 2.45) is 5.73 Å². The minimum atomic E-state index is -0.118. The van der Waals surface area contributed by atoms with Crippen LogP contribution in [0.4, 0.5) is 0 Å². The van der Waals surface area contributed by atoms with Crippen molar-refractivity contribution in [2.45, 2.75) is 6.54 Å². The molecule has 4 heteroatoms. The van der Waals surface area contributed by atoms with E-state index < -0.39 is 0 Å². The number of hydrogen-bond acceptors (Lipinski definition) is 3. The molecular formula is C16H15N3O. The maximum Gasteiger partial charge on any atom is 0.251 e. The van der Waals surface area contributed by atoms with E-state index in [-0.39, 0.29) is 5.91 Å². The van der Waals surface area contributed by atoms with Crippen LogP contribution in [-0.4, -0.2) is 17.4 Å². The Balaban J connectivity index is 1.96. The van der Waals surface area contributed by atoms with Gasteiger partial charge in [0.25, 0.3) is 5.91 Å². The first-order valence-corrected chi connectivity index (χ1v) is 6.25. The first-order valence-electron chi connectivity index (χ1n) is 6.25. The van der Waals surface area contributed by atoms with Crippen LogP contribution < -0.4 is 11.1 Å². The summed E-state index contributed by atoms with van der Waals surface area (Å²) in [5.74, 6) is 5.57. The number of benzene rings is 1. The van der Waals surface area contributed by atoms with Crippen molar-refractivity contribution in [3.63, 3.8) is 0 Å². The van der Waals surface area contributed by atoms with Gasteiger partial charge in [-0.15, -0.1) is 0 Å². The largest absolute Gasteiger partial charge is 0.348 e. The van der Waals surface area contributed by atoms with Crippen LogP contribution in [-0.2, 0) is 6.54 Å². The summed E-state index contributed by atoms with van der Waals surface area (Å²) < 4.78 is 0. The van der Waals surface area contributed by atoms with Crippen LogP contribution in [0.1, 0.15) is 21.5 Å². The van der Waals surface area contributed by atoms with Gasteiger partial charge in [-0.3, -0.25) is 9.78 Å². The second-order valence-electron chi connectivity index (χ2n) is 4.13. The Morgan fingerprint density at radius 1 is 1.25 bits per heavy atom. The first kappa shape index (κ1) is 13.8. The Labute approximate surface area is 118 Å². The molecule has 0 fully saturated rings. The minimum absolute atomic E-state index is 0.118. The van der Waals surface area contributed by atoms with Crippen molar-refractivity contribution < 1.29 is 4.79 Å². The zero-order valence-electron chi connectivity index (χ0n) is 11.0. The van der Waals surface area contributed by atoms with Gasteiger partial charge < -0.3 is 11.1 Å². The lowest BCUT2D eigenvalue weighted by Crippen LogP contribution is -2.22. The van der Waals surface area contributed by atoms with Gasteiger partial charge in [0.2, 0.25) is 0 Å². The average Bonchev–Trinajstić information content (AvgIpc) is 2.52. The van der Waals surface area contributed by atoms with Crippen LogP contribution in [0.3, 0.4) is 0 Å². The summed E-state index contributed by atoms with van der Waals surface area (Å²) in [5.41, 5.74) is 7.72. The van der Waals surface area contributed by atoms with Gasteiger partial charge in [0, 0.05) is 30.1 Å². The SMILES string of the molecule is NCC#Cc1ccc(C(=O)NCc2cccnc2)cc1. The number of hydrogen-bond donors (Lipinski definition) is 2. The Morgan fingerprint density at radius 2 is 2.05 bits per heavy atom. The molecule has 20 heavy (non-hydrogen) atoms. The van der Waals surface area contributed by atoms with E-state index >= 15 is 0 Å². The van der Waals surface area contributed by atoms with E-state index in [1.807, 2.05) is 24.3 Å². The van der Waals surface area contributed by atoms with E-state index in [9.17, 15) is 4.79 Å². The number of amides is 1. The van der Waals surface area contributed by atoms with Gasteiger partial charge in [-0.05, 0) is 35.9 Å². The van der Waals surface area contributed by atoms with Crippen molar-refractivity contribution in [3.05, 3.63) is 65.5 Å². The molecule has 0 radical (unpaired) electrons. The lowest BCUT2D eigenvalue weighted by Gasteiger charge is -2.05. The van der Waals surface area contributed by atoms with E-state index in [1.165, 1.54) is 0 Å². The molecule has 0 aliphatic carbocycles. The van der Waals surface area contributed by atoms with Crippen molar-refractivity contribution in [3.8, 4) is 11.8 Å². The zero-order valence-corrected chi connectivity index (χ0v) is 11.0. The van der Waals surface area contributed by atoms with Crippen molar-refractivity contribution in [2.75, 3.05) is 6.54 Å². The standard InChI is InChI=1S/C16H15N3O/c17-9-1-3-13-5-7-15(8-6-13)16(20)19-12-14-4-2-10-18-11-14/h2,4-8,10-11H,9,12,17H2,(H,19,20). The molecule has 0 saturated heterocycles. The summed E-state index contributed by atoms with van der Waals surface area (Å²) in [5, 5.41) is 2.84. The molecule has 0 bridgehead atoms. The zero-order chi connectivity index (χ0) is 14.2. The van der Waals surface area contributed by atoms with Gasteiger partial charge in [0.05, 0.1) is 6.54 Å². The van der Waals surface area contributed by atoms with Gasteiger partial charge >= 0.3 is 0 Å². The summed E-state index contributed by atoms with van der Waals surface area (Å²) in [4.78, 5) is 16.0. The molecule has 0 atom stereocenters. The number of carbonyl (C=O) groups is 1. The monoisotopic (exact) mass is 265 g/mol. The molecule has 2 aromatic rings. The number of rotatable bonds is 3. The molecule has 2 rings (SSSR count). The third-order valence-electron chi connectivity index (χ3n) is 2.66. The fraction of sp³-hybridized carbons (Fsp3) is 0.125. The number of pyridine rings is 1. The smallest absolute Gasteiger partial charge is 0.251 e. The molecule has 1 heterocycles. The quantitative estimate of drug-likeness (QED) is 0.822. The minimum Gasteiger partial charge on any atom is -0.348 e. The fourth-order valence-electron chi connectivity index (χ4n) is 1.65. The fourth-order valence-corrected chi connectivity index (χ4v) is 1.65. The van der Waals surface area contributed by atoms with E-state index in [2.05, 4.69) is 22.1 Å². The van der Waals surface area contributed by atoms with Crippen LogP contribution in [0, 0.1) is 11.8 Å². The maximum atomic E-state index is 12.0. The molecule has 0 unspecified atom stereocenters. The summed E-state index contributed by atoms with van der Waals surface area (Å²) in [6.07, 6.45) is 3.43. The van der Waals surface area contributed by atoms with Crippen LogP contribution in [0.5, 0.6) is 0 Å². The molecule has 1 aromatic heterocycles.